The molecule has 0 N–H and O–H groups in total. The van der Waals surface area contributed by atoms with Gasteiger partial charge in [-0.05, 0) is 64.7 Å². The zero-order valence-corrected chi connectivity index (χ0v) is 12.5. The van der Waals surface area contributed by atoms with Gasteiger partial charge in [0.15, 0.2) is 5.78 Å². The van der Waals surface area contributed by atoms with Crippen molar-refractivity contribution in [2.45, 2.75) is 24.8 Å². The molecular weight excluding hydrogens is 255 g/mol. The third kappa shape index (κ3) is 3.25. The van der Waals surface area contributed by atoms with E-state index >= 15 is 0 Å². The van der Waals surface area contributed by atoms with Crippen molar-refractivity contribution < 1.29 is 9.18 Å². The minimum absolute atomic E-state index is 0.0423. The van der Waals surface area contributed by atoms with E-state index in [9.17, 15) is 9.18 Å². The molecule has 0 radical (unpaired) electrons. The normalized spacial score (nSPS) is 17.3. The second kappa shape index (κ2) is 6.02. The van der Waals surface area contributed by atoms with E-state index in [2.05, 4.69) is 23.9 Å². The van der Waals surface area contributed by atoms with Crippen LogP contribution in [-0.4, -0.2) is 55.4 Å². The van der Waals surface area contributed by atoms with Gasteiger partial charge in [-0.15, -0.1) is 0 Å². The summed E-state index contributed by atoms with van der Waals surface area (Å²) in [6, 6.07) is 5.77. The van der Waals surface area contributed by atoms with Gasteiger partial charge in [-0.25, -0.2) is 4.39 Å². The summed E-state index contributed by atoms with van der Waals surface area (Å²) < 4.78 is 12.9. The van der Waals surface area contributed by atoms with Crippen molar-refractivity contribution in [1.82, 2.24) is 9.80 Å². The second-order valence-electron chi connectivity index (χ2n) is 6.07. The van der Waals surface area contributed by atoms with Gasteiger partial charge >= 0.3 is 0 Å². The molecule has 0 amide bonds. The van der Waals surface area contributed by atoms with Gasteiger partial charge in [-0.2, -0.15) is 0 Å². The van der Waals surface area contributed by atoms with Crippen molar-refractivity contribution in [2.75, 3.05) is 34.2 Å². The Bertz CT molecular complexity index is 466. The minimum Gasteiger partial charge on any atom is -0.302 e. The van der Waals surface area contributed by atoms with E-state index in [1.807, 2.05) is 7.05 Å². The highest BCUT2D eigenvalue weighted by atomic mass is 19.1. The second-order valence-corrected chi connectivity index (χ2v) is 6.07. The Morgan fingerprint density at radius 3 is 2.25 bits per heavy atom. The summed E-state index contributed by atoms with van der Waals surface area (Å²) in [5.41, 5.74) is 0.795. The summed E-state index contributed by atoms with van der Waals surface area (Å²) >= 11 is 0. The van der Waals surface area contributed by atoms with Crippen molar-refractivity contribution in [1.29, 1.82) is 0 Å². The summed E-state index contributed by atoms with van der Waals surface area (Å²) in [5, 5.41) is 0. The Balaban J connectivity index is 1.92. The molecule has 1 saturated carbocycles. The SMILES string of the molecule is CN(CC(=O)c1ccc(F)cc1)CC1(N(C)C)CCC1. The number of ketones is 1. The van der Waals surface area contributed by atoms with Crippen LogP contribution in [0.2, 0.25) is 0 Å². The van der Waals surface area contributed by atoms with E-state index in [0.29, 0.717) is 12.1 Å². The molecule has 1 aromatic rings. The Kier molecular flexibility index (Phi) is 4.55. The molecule has 110 valence electrons. The first-order chi connectivity index (χ1) is 9.43. The smallest absolute Gasteiger partial charge is 0.176 e. The Morgan fingerprint density at radius 2 is 1.80 bits per heavy atom. The molecule has 1 aromatic carbocycles. The molecule has 1 fully saturated rings. The predicted molar refractivity (Wildman–Crippen MR) is 78.5 cm³/mol. The van der Waals surface area contributed by atoms with E-state index in [1.165, 1.54) is 31.4 Å². The number of hydrogen-bond acceptors (Lipinski definition) is 3. The van der Waals surface area contributed by atoms with Crippen LogP contribution in [-0.2, 0) is 0 Å². The van der Waals surface area contributed by atoms with Gasteiger partial charge in [-0.3, -0.25) is 9.69 Å². The zero-order chi connectivity index (χ0) is 14.8. The first-order valence-corrected chi connectivity index (χ1v) is 7.08. The average Bonchev–Trinajstić information content (AvgIpc) is 2.34. The first kappa shape index (κ1) is 15.1. The Labute approximate surface area is 120 Å². The van der Waals surface area contributed by atoms with Gasteiger partial charge in [0, 0.05) is 17.6 Å². The molecule has 0 atom stereocenters. The highest BCUT2D eigenvalue weighted by molar-refractivity contribution is 5.97. The van der Waals surface area contributed by atoms with Crippen molar-refractivity contribution in [3.63, 3.8) is 0 Å². The molecule has 3 nitrogen and oxygen atoms in total. The van der Waals surface area contributed by atoms with E-state index in [-0.39, 0.29) is 17.1 Å². The van der Waals surface area contributed by atoms with Crippen molar-refractivity contribution in [3.8, 4) is 0 Å². The van der Waals surface area contributed by atoms with Crippen molar-refractivity contribution >= 4 is 5.78 Å². The average molecular weight is 278 g/mol. The molecule has 0 unspecified atom stereocenters. The van der Waals surface area contributed by atoms with Crippen LogP contribution in [0.4, 0.5) is 4.39 Å². The molecule has 2 rings (SSSR count). The van der Waals surface area contributed by atoms with Crippen LogP contribution < -0.4 is 0 Å². The summed E-state index contributed by atoms with van der Waals surface area (Å²) in [6.45, 7) is 1.27. The zero-order valence-electron chi connectivity index (χ0n) is 12.5. The number of carbonyl (C=O) groups excluding carboxylic acids is 1. The number of Topliss-reactive ketones (excluding diaryl/α,β-unsaturated/α-hetero) is 1. The molecule has 4 heteroatoms. The van der Waals surface area contributed by atoms with Crippen LogP contribution in [0.3, 0.4) is 0 Å². The molecule has 1 aliphatic carbocycles. The van der Waals surface area contributed by atoms with Crippen LogP contribution >= 0.6 is 0 Å². The van der Waals surface area contributed by atoms with E-state index in [0.717, 1.165) is 6.54 Å². The van der Waals surface area contributed by atoms with Crippen LogP contribution in [0.15, 0.2) is 24.3 Å². The molecule has 1 aliphatic rings. The lowest BCUT2D eigenvalue weighted by molar-refractivity contribution is 0.0280. The number of benzene rings is 1. The quantitative estimate of drug-likeness (QED) is 0.747. The molecule has 0 bridgehead atoms. The first-order valence-electron chi connectivity index (χ1n) is 7.08. The summed E-state index contributed by atoms with van der Waals surface area (Å²) in [7, 11) is 6.19. The molecule has 0 aromatic heterocycles. The van der Waals surface area contributed by atoms with Gasteiger partial charge in [-0.1, -0.05) is 0 Å². The Morgan fingerprint density at radius 1 is 1.20 bits per heavy atom. The maximum absolute atomic E-state index is 12.9. The minimum atomic E-state index is -0.309. The third-order valence-electron chi connectivity index (χ3n) is 4.38. The van der Waals surface area contributed by atoms with E-state index in [1.54, 1.807) is 12.1 Å². The third-order valence-corrected chi connectivity index (χ3v) is 4.38. The summed E-state index contributed by atoms with van der Waals surface area (Å²) in [6.07, 6.45) is 3.64. The number of carbonyl (C=O) groups is 1. The highest BCUT2D eigenvalue weighted by Gasteiger charge is 2.39. The standard InChI is InChI=1S/C16H23FN2O/c1-18(2)16(9-4-10-16)12-19(3)11-15(20)13-5-7-14(17)8-6-13/h5-8H,4,9-12H2,1-3H3. The number of hydrogen-bond donors (Lipinski definition) is 0. The van der Waals surface area contributed by atoms with Gasteiger partial charge in [0.1, 0.15) is 5.82 Å². The largest absolute Gasteiger partial charge is 0.302 e. The monoisotopic (exact) mass is 278 g/mol. The van der Waals surface area contributed by atoms with Crippen LogP contribution in [0.25, 0.3) is 0 Å². The van der Waals surface area contributed by atoms with Gasteiger partial charge in [0.05, 0.1) is 6.54 Å². The van der Waals surface area contributed by atoms with Crippen molar-refractivity contribution in [3.05, 3.63) is 35.6 Å². The fourth-order valence-corrected chi connectivity index (χ4v) is 2.86. The highest BCUT2D eigenvalue weighted by Crippen LogP contribution is 2.36. The van der Waals surface area contributed by atoms with Gasteiger partial charge in [0.25, 0.3) is 0 Å². The van der Waals surface area contributed by atoms with Gasteiger partial charge in [0.2, 0.25) is 0 Å². The maximum Gasteiger partial charge on any atom is 0.176 e. The van der Waals surface area contributed by atoms with Crippen LogP contribution in [0.1, 0.15) is 29.6 Å². The maximum atomic E-state index is 12.9. The summed E-state index contributed by atoms with van der Waals surface area (Å²) in [4.78, 5) is 16.5. The fraction of sp³-hybridized carbons (Fsp3) is 0.562. The molecule has 0 heterocycles. The lowest BCUT2D eigenvalue weighted by atomic mass is 9.75. The number of likely N-dealkylation sites (N-methyl/N-ethyl adjacent to an activating group) is 2. The molecule has 0 aliphatic heterocycles. The van der Waals surface area contributed by atoms with Gasteiger partial charge < -0.3 is 4.90 Å². The molecule has 20 heavy (non-hydrogen) atoms. The topological polar surface area (TPSA) is 23.6 Å². The number of rotatable bonds is 6. The predicted octanol–water partition coefficient (Wildman–Crippen LogP) is 2.42. The van der Waals surface area contributed by atoms with Crippen molar-refractivity contribution in [2.24, 2.45) is 0 Å². The Hall–Kier alpha value is -1.26. The lowest BCUT2D eigenvalue weighted by Gasteiger charge is -2.49. The molecule has 0 spiro atoms. The molecular formula is C16H23FN2O. The van der Waals surface area contributed by atoms with Crippen LogP contribution in [0.5, 0.6) is 0 Å². The number of halogens is 1. The van der Waals surface area contributed by atoms with Crippen LogP contribution in [0, 0.1) is 5.82 Å². The lowest BCUT2D eigenvalue weighted by Crippen LogP contribution is -2.57. The molecule has 0 saturated heterocycles. The van der Waals surface area contributed by atoms with E-state index in [4.69, 9.17) is 0 Å². The summed E-state index contributed by atoms with van der Waals surface area (Å²) in [5.74, 6) is -0.267. The van der Waals surface area contributed by atoms with E-state index < -0.39 is 0 Å². The number of nitrogens with zero attached hydrogens (tertiary/aromatic N) is 2. The fourth-order valence-electron chi connectivity index (χ4n) is 2.86.